The van der Waals surface area contributed by atoms with Gasteiger partial charge in [-0.3, -0.25) is 9.59 Å². The highest BCUT2D eigenvalue weighted by Gasteiger charge is 2.23. The SMILES string of the molecule is CCCC(=O)NC1CCN(C(=O)CCc2ccccc2OC)CC1. The van der Waals surface area contributed by atoms with Crippen molar-refractivity contribution in [3.8, 4) is 5.75 Å². The van der Waals surface area contributed by atoms with Gasteiger partial charge in [-0.1, -0.05) is 25.1 Å². The summed E-state index contributed by atoms with van der Waals surface area (Å²) >= 11 is 0. The Morgan fingerprint density at radius 3 is 2.58 bits per heavy atom. The molecule has 0 aliphatic carbocycles. The van der Waals surface area contributed by atoms with Crippen LogP contribution < -0.4 is 10.1 Å². The minimum absolute atomic E-state index is 0.124. The first-order valence-corrected chi connectivity index (χ1v) is 8.83. The van der Waals surface area contributed by atoms with Crippen molar-refractivity contribution >= 4 is 11.8 Å². The van der Waals surface area contributed by atoms with E-state index in [9.17, 15) is 9.59 Å². The number of nitrogens with one attached hydrogen (secondary N) is 1. The van der Waals surface area contributed by atoms with Crippen molar-refractivity contribution in [2.24, 2.45) is 0 Å². The fraction of sp³-hybridized carbons (Fsp3) is 0.579. The van der Waals surface area contributed by atoms with E-state index in [0.29, 0.717) is 19.3 Å². The lowest BCUT2D eigenvalue weighted by Gasteiger charge is -2.32. The zero-order chi connectivity index (χ0) is 17.4. The van der Waals surface area contributed by atoms with Crippen molar-refractivity contribution < 1.29 is 14.3 Å². The molecule has 5 nitrogen and oxygen atoms in total. The number of hydrogen-bond donors (Lipinski definition) is 1. The monoisotopic (exact) mass is 332 g/mol. The average Bonchev–Trinajstić information content (AvgIpc) is 2.60. The van der Waals surface area contributed by atoms with Gasteiger partial charge in [-0.15, -0.1) is 0 Å². The third-order valence-electron chi connectivity index (χ3n) is 4.49. The highest BCUT2D eigenvalue weighted by Crippen LogP contribution is 2.20. The highest BCUT2D eigenvalue weighted by molar-refractivity contribution is 5.77. The van der Waals surface area contributed by atoms with Crippen LogP contribution >= 0.6 is 0 Å². The van der Waals surface area contributed by atoms with Crippen LogP contribution in [0.25, 0.3) is 0 Å². The van der Waals surface area contributed by atoms with Gasteiger partial charge in [0.1, 0.15) is 5.75 Å². The van der Waals surface area contributed by atoms with Crippen LogP contribution in [0.2, 0.25) is 0 Å². The Morgan fingerprint density at radius 1 is 1.21 bits per heavy atom. The van der Waals surface area contributed by atoms with Crippen LogP contribution in [0.1, 0.15) is 44.6 Å². The second-order valence-corrected chi connectivity index (χ2v) is 6.28. The number of rotatable bonds is 7. The van der Waals surface area contributed by atoms with Crippen LogP contribution in [0.4, 0.5) is 0 Å². The molecule has 1 aromatic carbocycles. The molecule has 0 spiro atoms. The van der Waals surface area contributed by atoms with Gasteiger partial charge >= 0.3 is 0 Å². The molecule has 0 aromatic heterocycles. The molecular weight excluding hydrogens is 304 g/mol. The Labute approximate surface area is 144 Å². The first-order valence-electron chi connectivity index (χ1n) is 8.83. The summed E-state index contributed by atoms with van der Waals surface area (Å²) in [4.78, 5) is 26.0. The Hall–Kier alpha value is -2.04. The Morgan fingerprint density at radius 2 is 1.92 bits per heavy atom. The normalized spacial score (nSPS) is 15.2. The highest BCUT2D eigenvalue weighted by atomic mass is 16.5. The lowest BCUT2D eigenvalue weighted by atomic mass is 10.0. The molecule has 0 saturated carbocycles. The van der Waals surface area contributed by atoms with E-state index in [1.54, 1.807) is 7.11 Å². The number of methoxy groups -OCH3 is 1. The number of para-hydroxylation sites is 1. The van der Waals surface area contributed by atoms with E-state index >= 15 is 0 Å². The fourth-order valence-corrected chi connectivity index (χ4v) is 3.11. The molecule has 5 heteroatoms. The summed E-state index contributed by atoms with van der Waals surface area (Å²) in [6.07, 6.45) is 4.32. The van der Waals surface area contributed by atoms with Gasteiger partial charge in [-0.2, -0.15) is 0 Å². The van der Waals surface area contributed by atoms with E-state index in [0.717, 1.165) is 43.7 Å². The number of hydrogen-bond acceptors (Lipinski definition) is 3. The molecule has 0 radical (unpaired) electrons. The van der Waals surface area contributed by atoms with Crippen molar-refractivity contribution in [1.82, 2.24) is 10.2 Å². The van der Waals surface area contributed by atoms with Crippen molar-refractivity contribution in [3.05, 3.63) is 29.8 Å². The Balaban J connectivity index is 1.75. The number of piperidine rings is 1. The summed E-state index contributed by atoms with van der Waals surface area (Å²) in [5.41, 5.74) is 1.06. The number of nitrogens with zero attached hydrogens (tertiary/aromatic N) is 1. The smallest absolute Gasteiger partial charge is 0.222 e. The molecule has 1 saturated heterocycles. The predicted octanol–water partition coefficient (Wildman–Crippen LogP) is 2.54. The van der Waals surface area contributed by atoms with E-state index in [-0.39, 0.29) is 17.9 Å². The standard InChI is InChI=1S/C19H28N2O3/c1-3-6-18(22)20-16-11-13-21(14-12-16)19(23)10-9-15-7-4-5-8-17(15)24-2/h4-5,7-8,16H,3,6,9-14H2,1-2H3,(H,20,22). The van der Waals surface area contributed by atoms with Crippen molar-refractivity contribution in [2.45, 2.75) is 51.5 Å². The van der Waals surface area contributed by atoms with Gasteiger partial charge in [0.2, 0.25) is 11.8 Å². The quantitative estimate of drug-likeness (QED) is 0.835. The summed E-state index contributed by atoms with van der Waals surface area (Å²) in [5, 5.41) is 3.06. The van der Waals surface area contributed by atoms with Gasteiger partial charge in [0.15, 0.2) is 0 Å². The molecule has 1 heterocycles. The van der Waals surface area contributed by atoms with Gasteiger partial charge < -0.3 is 15.0 Å². The van der Waals surface area contributed by atoms with Gasteiger partial charge in [-0.25, -0.2) is 0 Å². The molecule has 2 rings (SSSR count). The fourth-order valence-electron chi connectivity index (χ4n) is 3.11. The third kappa shape index (κ3) is 5.25. The molecule has 132 valence electrons. The molecule has 1 aliphatic rings. The summed E-state index contributed by atoms with van der Waals surface area (Å²) in [7, 11) is 1.65. The largest absolute Gasteiger partial charge is 0.496 e. The molecule has 0 unspecified atom stereocenters. The number of likely N-dealkylation sites (tertiary alicyclic amines) is 1. The molecule has 1 fully saturated rings. The first kappa shape index (κ1) is 18.3. The second kappa shape index (κ2) is 9.30. The number of aryl methyl sites for hydroxylation is 1. The maximum absolute atomic E-state index is 12.4. The zero-order valence-corrected chi connectivity index (χ0v) is 14.7. The van der Waals surface area contributed by atoms with Crippen LogP contribution in [0.15, 0.2) is 24.3 Å². The number of carbonyl (C=O) groups excluding carboxylic acids is 2. The van der Waals surface area contributed by atoms with E-state index in [2.05, 4.69) is 5.32 Å². The predicted molar refractivity (Wildman–Crippen MR) is 94.0 cm³/mol. The van der Waals surface area contributed by atoms with Gasteiger partial charge in [0, 0.05) is 32.0 Å². The average molecular weight is 332 g/mol. The molecule has 1 N–H and O–H groups in total. The minimum Gasteiger partial charge on any atom is -0.496 e. The Kier molecular flexibility index (Phi) is 7.09. The van der Waals surface area contributed by atoms with Crippen molar-refractivity contribution in [3.63, 3.8) is 0 Å². The maximum Gasteiger partial charge on any atom is 0.222 e. The van der Waals surface area contributed by atoms with E-state index in [1.165, 1.54) is 0 Å². The first-order chi connectivity index (χ1) is 11.6. The van der Waals surface area contributed by atoms with E-state index < -0.39 is 0 Å². The molecular formula is C19H28N2O3. The summed E-state index contributed by atoms with van der Waals surface area (Å²) in [6.45, 7) is 3.45. The van der Waals surface area contributed by atoms with Crippen LogP contribution in [0.5, 0.6) is 5.75 Å². The van der Waals surface area contributed by atoms with Crippen molar-refractivity contribution in [2.75, 3.05) is 20.2 Å². The summed E-state index contributed by atoms with van der Waals surface area (Å²) in [5.74, 6) is 1.14. The van der Waals surface area contributed by atoms with Gasteiger partial charge in [0.05, 0.1) is 7.11 Å². The molecule has 0 atom stereocenters. The molecule has 0 bridgehead atoms. The molecule has 1 aliphatic heterocycles. The van der Waals surface area contributed by atoms with Gasteiger partial charge in [-0.05, 0) is 37.3 Å². The van der Waals surface area contributed by atoms with Crippen LogP contribution in [-0.2, 0) is 16.0 Å². The number of ether oxygens (including phenoxy) is 1. The van der Waals surface area contributed by atoms with E-state index in [1.807, 2.05) is 36.1 Å². The molecule has 1 aromatic rings. The Bertz CT molecular complexity index is 551. The van der Waals surface area contributed by atoms with Crippen LogP contribution in [0, 0.1) is 0 Å². The molecule has 24 heavy (non-hydrogen) atoms. The number of carbonyl (C=O) groups is 2. The lowest BCUT2D eigenvalue weighted by Crippen LogP contribution is -2.46. The third-order valence-corrected chi connectivity index (χ3v) is 4.49. The maximum atomic E-state index is 12.4. The second-order valence-electron chi connectivity index (χ2n) is 6.28. The number of benzene rings is 1. The topological polar surface area (TPSA) is 58.6 Å². The zero-order valence-electron chi connectivity index (χ0n) is 14.7. The summed E-state index contributed by atoms with van der Waals surface area (Å²) in [6, 6.07) is 8.03. The van der Waals surface area contributed by atoms with E-state index in [4.69, 9.17) is 4.74 Å². The number of amides is 2. The summed E-state index contributed by atoms with van der Waals surface area (Å²) < 4.78 is 5.33. The lowest BCUT2D eigenvalue weighted by molar-refractivity contribution is -0.132. The molecule has 2 amide bonds. The van der Waals surface area contributed by atoms with Crippen molar-refractivity contribution in [1.29, 1.82) is 0 Å². The minimum atomic E-state index is 0.124. The van der Waals surface area contributed by atoms with Gasteiger partial charge in [0.25, 0.3) is 0 Å². The van der Waals surface area contributed by atoms with Crippen LogP contribution in [-0.4, -0.2) is 43.0 Å². The van der Waals surface area contributed by atoms with Crippen LogP contribution in [0.3, 0.4) is 0 Å².